The van der Waals surface area contributed by atoms with Crippen LogP contribution in [0.5, 0.6) is 0 Å². The molecule has 4 nitrogen and oxygen atoms in total. The number of rotatable bonds is 6. The van der Waals surface area contributed by atoms with Gasteiger partial charge in [0, 0.05) is 24.8 Å². The van der Waals surface area contributed by atoms with Crippen LogP contribution in [0.15, 0.2) is 110 Å². The zero-order valence-electron chi connectivity index (χ0n) is 18.2. The first-order chi connectivity index (χ1) is 15.7. The SMILES string of the molecule is Cc1ccc(P(c2ccc(C)cc2)c2ccc(C(n3cccn3)n3cccn3)cc2)cc1. The Hall–Kier alpha value is -3.49. The predicted octanol–water partition coefficient (Wildman–Crippen LogP) is 4.55. The van der Waals surface area contributed by atoms with E-state index in [1.54, 1.807) is 12.4 Å². The molecule has 0 saturated heterocycles. The lowest BCUT2D eigenvalue weighted by Gasteiger charge is -2.22. The third kappa shape index (κ3) is 4.15. The van der Waals surface area contributed by atoms with E-state index in [0.717, 1.165) is 5.56 Å². The van der Waals surface area contributed by atoms with Crippen LogP contribution in [0, 0.1) is 13.8 Å². The average molecular weight is 436 g/mol. The molecule has 3 aromatic carbocycles. The molecule has 0 atom stereocenters. The first-order valence-electron chi connectivity index (χ1n) is 10.7. The Bertz CT molecular complexity index is 1180. The van der Waals surface area contributed by atoms with Gasteiger partial charge in [0.25, 0.3) is 0 Å². The van der Waals surface area contributed by atoms with Crippen molar-refractivity contribution in [2.45, 2.75) is 20.0 Å². The van der Waals surface area contributed by atoms with Crippen molar-refractivity contribution in [1.29, 1.82) is 0 Å². The van der Waals surface area contributed by atoms with Gasteiger partial charge >= 0.3 is 0 Å². The smallest absolute Gasteiger partial charge is 0.168 e. The minimum Gasteiger partial charge on any atom is -0.244 e. The van der Waals surface area contributed by atoms with Crippen molar-refractivity contribution in [3.8, 4) is 0 Å². The van der Waals surface area contributed by atoms with Crippen LogP contribution in [0.2, 0.25) is 0 Å². The maximum Gasteiger partial charge on any atom is 0.168 e. The molecular weight excluding hydrogens is 411 g/mol. The van der Waals surface area contributed by atoms with Gasteiger partial charge in [0.05, 0.1) is 0 Å². The molecule has 5 aromatic rings. The number of aryl methyl sites for hydroxylation is 2. The fourth-order valence-corrected chi connectivity index (χ4v) is 6.14. The van der Waals surface area contributed by atoms with Crippen molar-refractivity contribution < 1.29 is 0 Å². The highest BCUT2D eigenvalue weighted by Crippen LogP contribution is 2.33. The van der Waals surface area contributed by atoms with Gasteiger partial charge in [-0.2, -0.15) is 10.2 Å². The normalized spacial score (nSPS) is 11.4. The van der Waals surface area contributed by atoms with E-state index < -0.39 is 7.92 Å². The summed E-state index contributed by atoms with van der Waals surface area (Å²) in [6.45, 7) is 4.27. The van der Waals surface area contributed by atoms with Crippen LogP contribution in [-0.2, 0) is 0 Å². The van der Waals surface area contributed by atoms with Crippen LogP contribution in [0.4, 0.5) is 0 Å². The van der Waals surface area contributed by atoms with E-state index in [9.17, 15) is 0 Å². The maximum atomic E-state index is 4.48. The molecule has 158 valence electrons. The molecule has 0 bridgehead atoms. The van der Waals surface area contributed by atoms with Gasteiger partial charge in [0.15, 0.2) is 6.17 Å². The summed E-state index contributed by atoms with van der Waals surface area (Å²) in [5, 5.41) is 13.0. The summed E-state index contributed by atoms with van der Waals surface area (Å²) >= 11 is 0. The molecule has 0 aliphatic rings. The van der Waals surface area contributed by atoms with Gasteiger partial charge in [-0.05, 0) is 55.4 Å². The van der Waals surface area contributed by atoms with Crippen LogP contribution in [0.3, 0.4) is 0 Å². The summed E-state index contributed by atoms with van der Waals surface area (Å²) in [7, 11) is -0.637. The topological polar surface area (TPSA) is 35.6 Å². The Kier molecular flexibility index (Phi) is 5.70. The second-order valence-corrected chi connectivity index (χ2v) is 10.2. The van der Waals surface area contributed by atoms with E-state index >= 15 is 0 Å². The Morgan fingerprint density at radius 3 is 1.38 bits per heavy atom. The molecule has 0 unspecified atom stereocenters. The number of nitrogens with zero attached hydrogens (tertiary/aromatic N) is 4. The molecule has 2 aromatic heterocycles. The highest BCUT2D eigenvalue weighted by molar-refractivity contribution is 7.79. The minimum absolute atomic E-state index is 0.112. The predicted molar refractivity (Wildman–Crippen MR) is 133 cm³/mol. The van der Waals surface area contributed by atoms with Crippen LogP contribution in [0.1, 0.15) is 22.9 Å². The van der Waals surface area contributed by atoms with Crippen molar-refractivity contribution in [2.24, 2.45) is 0 Å². The van der Waals surface area contributed by atoms with Crippen LogP contribution >= 0.6 is 7.92 Å². The highest BCUT2D eigenvalue weighted by Gasteiger charge is 2.20. The quantitative estimate of drug-likeness (QED) is 0.366. The molecule has 5 heteroatoms. The van der Waals surface area contributed by atoms with E-state index in [1.165, 1.54) is 27.0 Å². The lowest BCUT2D eigenvalue weighted by Crippen LogP contribution is -2.23. The summed E-state index contributed by atoms with van der Waals surface area (Å²) in [6, 6.07) is 30.7. The first-order valence-corrected chi connectivity index (χ1v) is 12.0. The first kappa shape index (κ1) is 20.4. The van der Waals surface area contributed by atoms with Crippen LogP contribution in [-0.4, -0.2) is 19.6 Å². The van der Waals surface area contributed by atoms with Crippen molar-refractivity contribution >= 4 is 23.8 Å². The second kappa shape index (κ2) is 8.94. The van der Waals surface area contributed by atoms with E-state index in [1.807, 2.05) is 33.9 Å². The van der Waals surface area contributed by atoms with E-state index in [0.29, 0.717) is 0 Å². The molecule has 0 radical (unpaired) electrons. The minimum atomic E-state index is -0.637. The third-order valence-electron chi connectivity index (χ3n) is 5.58. The molecule has 0 amide bonds. The van der Waals surface area contributed by atoms with E-state index in [4.69, 9.17) is 0 Å². The summed E-state index contributed by atoms with van der Waals surface area (Å²) in [6.07, 6.45) is 7.45. The molecule has 0 aliphatic carbocycles. The standard InChI is InChI=1S/C27H25N4P/c1-21-5-11-24(12-6-21)32(25-13-7-22(2)8-14-25)26-15-9-23(10-16-26)27(30-19-3-17-28-30)31-20-4-18-29-31/h3-20,27H,1-2H3. The van der Waals surface area contributed by atoms with Crippen molar-refractivity contribution in [1.82, 2.24) is 19.6 Å². The Morgan fingerprint density at radius 2 is 1.00 bits per heavy atom. The van der Waals surface area contributed by atoms with E-state index in [-0.39, 0.29) is 6.17 Å². The third-order valence-corrected chi connectivity index (χ3v) is 8.03. The van der Waals surface area contributed by atoms with E-state index in [2.05, 4.69) is 96.8 Å². The summed E-state index contributed by atoms with van der Waals surface area (Å²) in [4.78, 5) is 0. The van der Waals surface area contributed by atoms with Gasteiger partial charge in [0.1, 0.15) is 0 Å². The molecule has 0 N–H and O–H groups in total. The zero-order valence-corrected chi connectivity index (χ0v) is 19.1. The monoisotopic (exact) mass is 436 g/mol. The van der Waals surface area contributed by atoms with Gasteiger partial charge < -0.3 is 0 Å². The number of aromatic nitrogens is 4. The lowest BCUT2D eigenvalue weighted by atomic mass is 10.2. The second-order valence-electron chi connectivity index (χ2n) is 7.94. The number of benzene rings is 3. The van der Waals surface area contributed by atoms with Gasteiger partial charge in [-0.25, -0.2) is 9.36 Å². The van der Waals surface area contributed by atoms with Gasteiger partial charge in [-0.1, -0.05) is 83.9 Å². The van der Waals surface area contributed by atoms with Crippen molar-refractivity contribution in [3.63, 3.8) is 0 Å². The summed E-state index contributed by atoms with van der Waals surface area (Å²) < 4.78 is 3.87. The van der Waals surface area contributed by atoms with Crippen LogP contribution < -0.4 is 15.9 Å². The van der Waals surface area contributed by atoms with Crippen LogP contribution in [0.25, 0.3) is 0 Å². The molecule has 32 heavy (non-hydrogen) atoms. The molecule has 0 saturated carbocycles. The molecule has 2 heterocycles. The van der Waals surface area contributed by atoms with Gasteiger partial charge in [-0.15, -0.1) is 0 Å². The fourth-order valence-electron chi connectivity index (χ4n) is 3.91. The maximum absolute atomic E-state index is 4.48. The molecule has 0 fully saturated rings. The largest absolute Gasteiger partial charge is 0.244 e. The van der Waals surface area contributed by atoms with Crippen molar-refractivity contribution in [2.75, 3.05) is 0 Å². The molecule has 5 rings (SSSR count). The highest BCUT2D eigenvalue weighted by atomic mass is 31.1. The Morgan fingerprint density at radius 1 is 0.594 bits per heavy atom. The molecule has 0 aliphatic heterocycles. The van der Waals surface area contributed by atoms with Gasteiger partial charge in [0.2, 0.25) is 0 Å². The number of hydrogen-bond donors (Lipinski definition) is 0. The summed E-state index contributed by atoms with van der Waals surface area (Å²) in [5.41, 5.74) is 3.71. The zero-order chi connectivity index (χ0) is 21.9. The lowest BCUT2D eigenvalue weighted by molar-refractivity contribution is 0.419. The molecular formula is C27H25N4P. The Balaban J connectivity index is 1.56. The summed E-state index contributed by atoms with van der Waals surface area (Å²) in [5.74, 6) is 0. The Labute approximate surface area is 189 Å². The number of hydrogen-bond acceptors (Lipinski definition) is 2. The molecule has 0 spiro atoms. The fraction of sp³-hybridized carbons (Fsp3) is 0.111. The average Bonchev–Trinajstić information content (AvgIpc) is 3.53. The van der Waals surface area contributed by atoms with Crippen molar-refractivity contribution in [3.05, 3.63) is 126 Å². The van der Waals surface area contributed by atoms with Gasteiger partial charge in [-0.3, -0.25) is 0 Å².